The molecule has 0 aliphatic carbocycles. The van der Waals surface area contributed by atoms with Crippen molar-refractivity contribution >= 4 is 11.6 Å². The summed E-state index contributed by atoms with van der Waals surface area (Å²) in [6.07, 6.45) is 0. The molecule has 0 amide bonds. The Kier molecular flexibility index (Phi) is 4.13. The Morgan fingerprint density at radius 2 is 1.53 bits per heavy atom. The molecule has 0 heterocycles. The molecule has 0 spiro atoms. The van der Waals surface area contributed by atoms with E-state index in [0.29, 0.717) is 0 Å². The lowest BCUT2D eigenvalue weighted by Gasteiger charge is -2.11. The number of aliphatic hydroxyl groups excluding tert-OH is 1. The third-order valence-corrected chi connectivity index (χ3v) is 3.73. The van der Waals surface area contributed by atoms with Crippen molar-refractivity contribution in [1.82, 2.24) is 0 Å². The Bertz CT molecular complexity index is 583. The van der Waals surface area contributed by atoms with Crippen LogP contribution in [-0.2, 0) is 6.61 Å². The summed E-state index contributed by atoms with van der Waals surface area (Å²) in [7, 11) is 0. The number of aryl methyl sites for hydroxylation is 3. The highest BCUT2D eigenvalue weighted by atomic mass is 35.5. The summed E-state index contributed by atoms with van der Waals surface area (Å²) in [5, 5.41) is 9.92. The predicted octanol–water partition coefficient (Wildman–Crippen LogP) is 4.55. The Labute approximate surface area is 118 Å². The van der Waals surface area contributed by atoms with E-state index in [2.05, 4.69) is 0 Å². The van der Waals surface area contributed by atoms with Gasteiger partial charge in [0.2, 0.25) is 0 Å². The highest BCUT2D eigenvalue weighted by Gasteiger charge is 2.06. The van der Waals surface area contributed by atoms with Gasteiger partial charge in [0.1, 0.15) is 11.5 Å². The summed E-state index contributed by atoms with van der Waals surface area (Å²) in [4.78, 5) is 0. The molecule has 0 aliphatic heterocycles. The van der Waals surface area contributed by atoms with Gasteiger partial charge in [-0.3, -0.25) is 0 Å². The average Bonchev–Trinajstić information content (AvgIpc) is 2.36. The zero-order chi connectivity index (χ0) is 14.0. The third kappa shape index (κ3) is 3.09. The number of rotatable bonds is 3. The van der Waals surface area contributed by atoms with E-state index in [0.717, 1.165) is 38.8 Å². The molecule has 1 N–H and O–H groups in total. The van der Waals surface area contributed by atoms with Crippen LogP contribution in [0.4, 0.5) is 0 Å². The molecule has 0 atom stereocenters. The monoisotopic (exact) mass is 276 g/mol. The minimum Gasteiger partial charge on any atom is -0.457 e. The summed E-state index contributed by atoms with van der Waals surface area (Å²) < 4.78 is 5.84. The number of hydrogen-bond acceptors (Lipinski definition) is 2. The van der Waals surface area contributed by atoms with Crippen molar-refractivity contribution in [3.05, 3.63) is 57.6 Å². The number of aliphatic hydroxyl groups is 1. The zero-order valence-corrected chi connectivity index (χ0v) is 12.1. The number of ether oxygens (including phenoxy) is 1. The molecule has 19 heavy (non-hydrogen) atoms. The Hall–Kier alpha value is -1.51. The minimum atomic E-state index is 0.0469. The minimum absolute atomic E-state index is 0.0469. The van der Waals surface area contributed by atoms with Crippen molar-refractivity contribution in [2.24, 2.45) is 0 Å². The van der Waals surface area contributed by atoms with Crippen LogP contribution in [0.5, 0.6) is 11.5 Å². The summed E-state index contributed by atoms with van der Waals surface area (Å²) >= 11 is 6.13. The Balaban J connectivity index is 2.29. The smallest absolute Gasteiger partial charge is 0.128 e. The molecule has 0 saturated heterocycles. The molecule has 0 saturated carbocycles. The van der Waals surface area contributed by atoms with Gasteiger partial charge in [0.25, 0.3) is 0 Å². The van der Waals surface area contributed by atoms with Crippen LogP contribution in [0.25, 0.3) is 0 Å². The second-order valence-electron chi connectivity index (χ2n) is 4.72. The van der Waals surface area contributed by atoms with Crippen LogP contribution in [0.3, 0.4) is 0 Å². The normalized spacial score (nSPS) is 10.6. The third-order valence-electron chi connectivity index (χ3n) is 3.13. The summed E-state index contributed by atoms with van der Waals surface area (Å²) in [6.45, 7) is 5.92. The van der Waals surface area contributed by atoms with E-state index in [1.54, 1.807) is 0 Å². The molecule has 0 radical (unpaired) electrons. The molecule has 0 fully saturated rings. The van der Waals surface area contributed by atoms with Gasteiger partial charge < -0.3 is 9.84 Å². The fourth-order valence-electron chi connectivity index (χ4n) is 2.01. The average molecular weight is 277 g/mol. The van der Waals surface area contributed by atoms with Crippen LogP contribution in [0.1, 0.15) is 22.3 Å². The number of hydrogen-bond donors (Lipinski definition) is 1. The topological polar surface area (TPSA) is 29.5 Å². The maximum atomic E-state index is 9.15. The van der Waals surface area contributed by atoms with Gasteiger partial charge in [0.05, 0.1) is 6.61 Å². The molecule has 3 heteroatoms. The van der Waals surface area contributed by atoms with Crippen molar-refractivity contribution in [3.8, 4) is 11.5 Å². The fraction of sp³-hybridized carbons (Fsp3) is 0.250. The van der Waals surface area contributed by atoms with Crippen LogP contribution >= 0.6 is 11.6 Å². The van der Waals surface area contributed by atoms with Crippen molar-refractivity contribution < 1.29 is 9.84 Å². The quantitative estimate of drug-likeness (QED) is 0.891. The van der Waals surface area contributed by atoms with Crippen molar-refractivity contribution in [3.63, 3.8) is 0 Å². The van der Waals surface area contributed by atoms with Gasteiger partial charge in [-0.1, -0.05) is 17.7 Å². The molecule has 0 bridgehead atoms. The standard InChI is InChI=1S/C16H17ClO2/c1-10-6-14(5-4-13(10)9-18)19-15-7-11(2)16(17)12(3)8-15/h4-8,18H,9H2,1-3H3. The molecule has 0 aliphatic rings. The maximum Gasteiger partial charge on any atom is 0.128 e. The number of benzene rings is 2. The summed E-state index contributed by atoms with van der Waals surface area (Å²) in [6, 6.07) is 9.50. The molecule has 2 nitrogen and oxygen atoms in total. The van der Waals surface area contributed by atoms with Gasteiger partial charge in [0.15, 0.2) is 0 Å². The fourth-order valence-corrected chi connectivity index (χ4v) is 2.12. The predicted molar refractivity (Wildman–Crippen MR) is 78.1 cm³/mol. The first kappa shape index (κ1) is 13.9. The largest absolute Gasteiger partial charge is 0.457 e. The maximum absolute atomic E-state index is 9.15. The Morgan fingerprint density at radius 1 is 0.947 bits per heavy atom. The van der Waals surface area contributed by atoms with E-state index in [4.69, 9.17) is 21.4 Å². The molecule has 2 aromatic carbocycles. The molecule has 2 aromatic rings. The summed E-state index contributed by atoms with van der Waals surface area (Å²) in [5.74, 6) is 1.53. The first-order chi connectivity index (χ1) is 9.01. The van der Waals surface area contributed by atoms with Crippen molar-refractivity contribution in [2.45, 2.75) is 27.4 Å². The highest BCUT2D eigenvalue weighted by molar-refractivity contribution is 6.32. The molecular formula is C16H17ClO2. The lowest BCUT2D eigenvalue weighted by molar-refractivity contribution is 0.281. The second kappa shape index (κ2) is 5.64. The summed E-state index contributed by atoms with van der Waals surface area (Å²) in [5.41, 5.74) is 3.93. The van der Waals surface area contributed by atoms with Crippen LogP contribution in [0.2, 0.25) is 5.02 Å². The van der Waals surface area contributed by atoms with Crippen LogP contribution < -0.4 is 4.74 Å². The SMILES string of the molecule is Cc1cc(Oc2cc(C)c(Cl)c(C)c2)ccc1CO. The lowest BCUT2D eigenvalue weighted by atomic mass is 10.1. The number of halogens is 1. The van der Waals surface area contributed by atoms with Gasteiger partial charge in [-0.15, -0.1) is 0 Å². The molecular weight excluding hydrogens is 260 g/mol. The van der Waals surface area contributed by atoms with Gasteiger partial charge in [0, 0.05) is 5.02 Å². The molecule has 0 unspecified atom stereocenters. The lowest BCUT2D eigenvalue weighted by Crippen LogP contribution is -1.92. The van der Waals surface area contributed by atoms with Crippen molar-refractivity contribution in [1.29, 1.82) is 0 Å². The van der Waals surface area contributed by atoms with E-state index in [-0.39, 0.29) is 6.61 Å². The van der Waals surface area contributed by atoms with Gasteiger partial charge in [-0.25, -0.2) is 0 Å². The van der Waals surface area contributed by atoms with Gasteiger partial charge in [-0.2, -0.15) is 0 Å². The van der Waals surface area contributed by atoms with E-state index < -0.39 is 0 Å². The second-order valence-corrected chi connectivity index (χ2v) is 5.10. The van der Waals surface area contributed by atoms with Crippen LogP contribution in [-0.4, -0.2) is 5.11 Å². The first-order valence-electron chi connectivity index (χ1n) is 6.16. The van der Waals surface area contributed by atoms with E-state index in [1.807, 2.05) is 51.1 Å². The highest BCUT2D eigenvalue weighted by Crippen LogP contribution is 2.29. The van der Waals surface area contributed by atoms with Crippen LogP contribution in [0, 0.1) is 20.8 Å². The molecule has 100 valence electrons. The van der Waals surface area contributed by atoms with E-state index in [9.17, 15) is 0 Å². The van der Waals surface area contributed by atoms with E-state index >= 15 is 0 Å². The van der Waals surface area contributed by atoms with Gasteiger partial charge >= 0.3 is 0 Å². The van der Waals surface area contributed by atoms with Gasteiger partial charge in [-0.05, 0) is 67.3 Å². The first-order valence-corrected chi connectivity index (χ1v) is 6.54. The zero-order valence-electron chi connectivity index (χ0n) is 11.3. The molecule has 2 rings (SSSR count). The van der Waals surface area contributed by atoms with E-state index in [1.165, 1.54) is 0 Å². The molecule has 0 aromatic heterocycles. The van der Waals surface area contributed by atoms with Crippen LogP contribution in [0.15, 0.2) is 30.3 Å². The van der Waals surface area contributed by atoms with Crippen molar-refractivity contribution in [2.75, 3.05) is 0 Å². The Morgan fingerprint density at radius 3 is 2.05 bits per heavy atom.